The molecule has 1 aromatic carbocycles. The normalized spacial score (nSPS) is 13.8. The molecule has 0 unspecified atom stereocenters. The Hall–Kier alpha value is -1.22. The van der Waals surface area contributed by atoms with Crippen molar-refractivity contribution in [3.63, 3.8) is 0 Å². The lowest BCUT2D eigenvalue weighted by Gasteiger charge is -2.10. The van der Waals surface area contributed by atoms with E-state index in [1.807, 2.05) is 6.92 Å². The molecule has 2 rings (SSSR count). The summed E-state index contributed by atoms with van der Waals surface area (Å²) in [6.45, 7) is 2.17. The Balaban J connectivity index is 2.72. The summed E-state index contributed by atoms with van der Waals surface area (Å²) in [6.07, 6.45) is 0. The largest absolute Gasteiger partial charge is 0.495 e. The van der Waals surface area contributed by atoms with E-state index in [9.17, 15) is 4.79 Å². The molecule has 1 aliphatic rings. The van der Waals surface area contributed by atoms with Crippen LogP contribution in [0.1, 0.15) is 15.9 Å². The van der Waals surface area contributed by atoms with Crippen LogP contribution in [0, 0.1) is 6.92 Å². The van der Waals surface area contributed by atoms with Gasteiger partial charge in [-0.1, -0.05) is 11.6 Å². The van der Waals surface area contributed by atoms with Gasteiger partial charge in [-0.05, 0) is 12.5 Å². The topological polar surface area (TPSA) is 38.3 Å². The molecule has 1 heterocycles. The summed E-state index contributed by atoms with van der Waals surface area (Å²) in [6, 6.07) is 1.72. The summed E-state index contributed by atoms with van der Waals surface area (Å²) in [5.74, 6) is 0.694. The summed E-state index contributed by atoms with van der Waals surface area (Å²) in [5.41, 5.74) is 2.24. The molecule has 0 aromatic heterocycles. The van der Waals surface area contributed by atoms with Crippen LogP contribution in [0.2, 0.25) is 5.02 Å². The number of halogens is 1. The van der Waals surface area contributed by atoms with Crippen molar-refractivity contribution < 1.29 is 9.53 Å². The van der Waals surface area contributed by atoms with Crippen LogP contribution in [0.15, 0.2) is 6.07 Å². The summed E-state index contributed by atoms with van der Waals surface area (Å²) < 4.78 is 5.14. The number of ether oxygens (including phenoxy) is 1. The Morgan fingerprint density at radius 1 is 1.57 bits per heavy atom. The van der Waals surface area contributed by atoms with Gasteiger partial charge in [-0.2, -0.15) is 0 Å². The zero-order chi connectivity index (χ0) is 10.3. The second-order valence-electron chi connectivity index (χ2n) is 3.21. The van der Waals surface area contributed by atoms with Crippen molar-refractivity contribution in [1.82, 2.24) is 0 Å². The lowest BCUT2D eigenvalue weighted by molar-refractivity contribution is 0.101. The lowest BCUT2D eigenvalue weighted by atomic mass is 10.0. The number of ketones is 1. The maximum atomic E-state index is 11.5. The first-order valence-corrected chi connectivity index (χ1v) is 4.67. The highest BCUT2D eigenvalue weighted by Gasteiger charge is 2.26. The minimum absolute atomic E-state index is 0.0679. The number of methoxy groups -OCH3 is 1. The molecule has 0 amide bonds. The molecule has 0 radical (unpaired) electrons. The number of anilines is 1. The van der Waals surface area contributed by atoms with Gasteiger partial charge in [0.2, 0.25) is 0 Å². The summed E-state index contributed by atoms with van der Waals surface area (Å²) in [4.78, 5) is 11.5. The SMILES string of the molecule is COc1cc(Cl)c(C)c2c1NCC2=O. The molecule has 3 nitrogen and oxygen atoms in total. The Kier molecular flexibility index (Phi) is 2.11. The predicted molar refractivity (Wildman–Crippen MR) is 55.6 cm³/mol. The van der Waals surface area contributed by atoms with Crippen molar-refractivity contribution >= 4 is 23.1 Å². The standard InChI is InChI=1S/C10H10ClNO2/c1-5-6(11)3-8(14-2)10-9(5)7(13)4-12-10/h3,12H,4H2,1-2H3. The van der Waals surface area contributed by atoms with Gasteiger partial charge in [-0.25, -0.2) is 0 Å². The number of carbonyl (C=O) groups is 1. The second-order valence-corrected chi connectivity index (χ2v) is 3.62. The molecule has 0 saturated heterocycles. The quantitative estimate of drug-likeness (QED) is 0.775. The van der Waals surface area contributed by atoms with Crippen molar-refractivity contribution in [1.29, 1.82) is 0 Å². The van der Waals surface area contributed by atoms with Crippen LogP contribution >= 0.6 is 11.6 Å². The van der Waals surface area contributed by atoms with Gasteiger partial charge in [0.05, 0.1) is 24.9 Å². The summed E-state index contributed by atoms with van der Waals surface area (Å²) in [5, 5.41) is 3.57. The smallest absolute Gasteiger partial charge is 0.184 e. The third-order valence-corrected chi connectivity index (χ3v) is 2.80. The van der Waals surface area contributed by atoms with Crippen LogP contribution in [0.3, 0.4) is 0 Å². The third kappa shape index (κ3) is 1.16. The molecule has 4 heteroatoms. The number of hydrogen-bond acceptors (Lipinski definition) is 3. The van der Waals surface area contributed by atoms with E-state index >= 15 is 0 Å². The monoisotopic (exact) mass is 211 g/mol. The minimum atomic E-state index is 0.0679. The van der Waals surface area contributed by atoms with E-state index in [0.717, 1.165) is 11.3 Å². The van der Waals surface area contributed by atoms with E-state index in [1.165, 1.54) is 0 Å². The van der Waals surface area contributed by atoms with Crippen molar-refractivity contribution in [3.8, 4) is 5.75 Å². The fourth-order valence-electron chi connectivity index (χ4n) is 1.67. The van der Waals surface area contributed by atoms with E-state index in [0.29, 0.717) is 22.9 Å². The van der Waals surface area contributed by atoms with Crippen molar-refractivity contribution in [2.75, 3.05) is 19.0 Å². The average molecular weight is 212 g/mol. The van der Waals surface area contributed by atoms with Gasteiger partial charge in [0.15, 0.2) is 5.78 Å². The van der Waals surface area contributed by atoms with Crippen molar-refractivity contribution in [2.24, 2.45) is 0 Å². The summed E-state index contributed by atoms with van der Waals surface area (Å²) in [7, 11) is 1.56. The minimum Gasteiger partial charge on any atom is -0.495 e. The Morgan fingerprint density at radius 2 is 2.29 bits per heavy atom. The fourth-order valence-corrected chi connectivity index (χ4v) is 1.86. The van der Waals surface area contributed by atoms with Crippen LogP contribution in [0.25, 0.3) is 0 Å². The van der Waals surface area contributed by atoms with E-state index in [4.69, 9.17) is 16.3 Å². The Morgan fingerprint density at radius 3 is 2.93 bits per heavy atom. The number of rotatable bonds is 1. The van der Waals surface area contributed by atoms with Gasteiger partial charge < -0.3 is 10.1 Å². The Bertz CT molecular complexity index is 415. The molecule has 0 aliphatic carbocycles. The molecule has 0 atom stereocenters. The van der Waals surface area contributed by atoms with Crippen molar-refractivity contribution in [3.05, 3.63) is 22.2 Å². The molecule has 0 spiro atoms. The number of Topliss-reactive ketones (excluding diaryl/α,β-unsaturated/α-hetero) is 1. The van der Waals surface area contributed by atoms with Gasteiger partial charge >= 0.3 is 0 Å². The molecule has 0 fully saturated rings. The van der Waals surface area contributed by atoms with E-state index in [1.54, 1.807) is 13.2 Å². The Labute approximate surface area is 87.0 Å². The van der Waals surface area contributed by atoms with Crippen molar-refractivity contribution in [2.45, 2.75) is 6.92 Å². The molecule has 1 aromatic rings. The number of carbonyl (C=O) groups excluding carboxylic acids is 1. The first-order valence-electron chi connectivity index (χ1n) is 4.29. The summed E-state index contributed by atoms with van der Waals surface area (Å²) >= 11 is 5.98. The van der Waals surface area contributed by atoms with E-state index in [2.05, 4.69) is 5.32 Å². The molecular formula is C10H10ClNO2. The number of fused-ring (bicyclic) bond motifs is 1. The van der Waals surface area contributed by atoms with Crippen LogP contribution in [-0.2, 0) is 0 Å². The molecule has 74 valence electrons. The maximum absolute atomic E-state index is 11.5. The first kappa shape index (κ1) is 9.34. The third-order valence-electron chi connectivity index (χ3n) is 2.41. The highest BCUT2D eigenvalue weighted by Crippen LogP contribution is 2.38. The number of nitrogens with one attached hydrogen (secondary N) is 1. The number of benzene rings is 1. The maximum Gasteiger partial charge on any atom is 0.184 e. The average Bonchev–Trinajstić information content (AvgIpc) is 2.54. The number of hydrogen-bond donors (Lipinski definition) is 1. The van der Waals surface area contributed by atoms with Gasteiger partial charge in [-0.15, -0.1) is 0 Å². The molecule has 1 N–H and O–H groups in total. The molecular weight excluding hydrogens is 202 g/mol. The molecule has 1 aliphatic heterocycles. The lowest BCUT2D eigenvalue weighted by Crippen LogP contribution is -2.01. The van der Waals surface area contributed by atoms with Gasteiger partial charge in [0, 0.05) is 11.1 Å². The van der Waals surface area contributed by atoms with Gasteiger partial charge in [-0.3, -0.25) is 4.79 Å². The highest BCUT2D eigenvalue weighted by molar-refractivity contribution is 6.32. The predicted octanol–water partition coefficient (Wildman–Crippen LogP) is 2.27. The molecule has 14 heavy (non-hydrogen) atoms. The fraction of sp³-hybridized carbons (Fsp3) is 0.300. The zero-order valence-electron chi connectivity index (χ0n) is 7.98. The van der Waals surface area contributed by atoms with Gasteiger partial charge in [0.1, 0.15) is 5.75 Å². The first-order chi connectivity index (χ1) is 6.65. The van der Waals surface area contributed by atoms with Crippen LogP contribution < -0.4 is 10.1 Å². The van der Waals surface area contributed by atoms with Gasteiger partial charge in [0.25, 0.3) is 0 Å². The van der Waals surface area contributed by atoms with Crippen LogP contribution in [0.4, 0.5) is 5.69 Å². The van der Waals surface area contributed by atoms with E-state index < -0.39 is 0 Å². The highest BCUT2D eigenvalue weighted by atomic mass is 35.5. The van der Waals surface area contributed by atoms with Crippen LogP contribution in [-0.4, -0.2) is 19.4 Å². The molecule has 0 saturated carbocycles. The second kappa shape index (κ2) is 3.17. The van der Waals surface area contributed by atoms with Crippen LogP contribution in [0.5, 0.6) is 5.75 Å². The zero-order valence-corrected chi connectivity index (χ0v) is 8.73. The van der Waals surface area contributed by atoms with E-state index in [-0.39, 0.29) is 5.78 Å². The molecule has 0 bridgehead atoms.